The molecule has 0 saturated carbocycles. The van der Waals surface area contributed by atoms with E-state index >= 15 is 0 Å². The van der Waals surface area contributed by atoms with Crippen molar-refractivity contribution in [1.82, 2.24) is 0 Å². The van der Waals surface area contributed by atoms with E-state index in [1.54, 1.807) is 0 Å². The molecular formula is C80H148NO8P. The van der Waals surface area contributed by atoms with Crippen molar-refractivity contribution in [2.75, 3.05) is 47.5 Å². The molecule has 0 amide bonds. The summed E-state index contributed by atoms with van der Waals surface area (Å²) < 4.78 is 34.4. The fourth-order valence-electron chi connectivity index (χ4n) is 11.3. The van der Waals surface area contributed by atoms with Gasteiger partial charge in [-0.1, -0.05) is 344 Å². The number of carbonyl (C=O) groups is 2. The molecule has 0 heterocycles. The highest BCUT2D eigenvalue weighted by Crippen LogP contribution is 2.38. The molecule has 0 N–H and O–H groups in total. The van der Waals surface area contributed by atoms with Crippen LogP contribution in [0.2, 0.25) is 0 Å². The number of likely N-dealkylation sites (N-methyl/N-ethyl adjacent to an activating group) is 1. The molecule has 0 radical (unpaired) electrons. The molecule has 9 nitrogen and oxygen atoms in total. The van der Waals surface area contributed by atoms with Gasteiger partial charge in [0.25, 0.3) is 7.82 Å². The van der Waals surface area contributed by atoms with Crippen LogP contribution in [0.3, 0.4) is 0 Å². The van der Waals surface area contributed by atoms with Crippen LogP contribution >= 0.6 is 7.82 Å². The SMILES string of the molecule is CCCCCCC/C=C\C/C=C\C/C=C\CCCCCCCCCCCCCCCCCCCCCCCCCCC(=O)OC(COC(=O)CCCCCCCCCCCCCC/C=C\C/C=C\C/C=C\CCCCCCC)COP(=O)([O-])OCC[N+](C)(C)C. The first kappa shape index (κ1) is 87.5. The summed E-state index contributed by atoms with van der Waals surface area (Å²) >= 11 is 0. The lowest BCUT2D eigenvalue weighted by molar-refractivity contribution is -0.870. The first-order chi connectivity index (χ1) is 44.0. The molecular weight excluding hydrogens is 1130 g/mol. The average Bonchev–Trinajstić information content (AvgIpc) is 3.58. The monoisotopic (exact) mass is 1280 g/mol. The van der Waals surface area contributed by atoms with E-state index in [0.29, 0.717) is 17.4 Å². The number of phosphoric acid groups is 1. The topological polar surface area (TPSA) is 111 Å². The molecule has 2 atom stereocenters. The van der Waals surface area contributed by atoms with Crippen molar-refractivity contribution in [2.24, 2.45) is 0 Å². The predicted molar refractivity (Wildman–Crippen MR) is 388 cm³/mol. The molecule has 0 aromatic carbocycles. The molecule has 0 aliphatic heterocycles. The number of esters is 2. The third-order valence-electron chi connectivity index (χ3n) is 17.2. The van der Waals surface area contributed by atoms with Gasteiger partial charge in [0.2, 0.25) is 0 Å². The Labute approximate surface area is 559 Å². The van der Waals surface area contributed by atoms with Crippen LogP contribution in [0.4, 0.5) is 0 Å². The Balaban J connectivity index is 3.94. The van der Waals surface area contributed by atoms with Crippen LogP contribution in [-0.4, -0.2) is 70.0 Å². The summed E-state index contributed by atoms with van der Waals surface area (Å²) in [6, 6.07) is 0. The lowest BCUT2D eigenvalue weighted by Crippen LogP contribution is -2.37. The summed E-state index contributed by atoms with van der Waals surface area (Å²) in [5.74, 6) is -0.819. The van der Waals surface area contributed by atoms with Crippen molar-refractivity contribution >= 4 is 19.8 Å². The summed E-state index contributed by atoms with van der Waals surface area (Å²) in [6.07, 6.45) is 95.8. The summed E-state index contributed by atoms with van der Waals surface area (Å²) in [7, 11) is 1.18. The van der Waals surface area contributed by atoms with Gasteiger partial charge in [-0.15, -0.1) is 0 Å². The summed E-state index contributed by atoms with van der Waals surface area (Å²) in [5, 5.41) is 0. The van der Waals surface area contributed by atoms with Gasteiger partial charge in [0.1, 0.15) is 19.8 Å². The van der Waals surface area contributed by atoms with Gasteiger partial charge in [0, 0.05) is 12.8 Å². The van der Waals surface area contributed by atoms with Crippen molar-refractivity contribution in [1.29, 1.82) is 0 Å². The minimum absolute atomic E-state index is 0.0308. The summed E-state index contributed by atoms with van der Waals surface area (Å²) in [5.41, 5.74) is 0. The van der Waals surface area contributed by atoms with Crippen molar-refractivity contribution in [3.63, 3.8) is 0 Å². The van der Waals surface area contributed by atoms with E-state index < -0.39 is 26.5 Å². The number of ether oxygens (including phenoxy) is 2. The number of rotatable bonds is 72. The van der Waals surface area contributed by atoms with Gasteiger partial charge in [0.05, 0.1) is 27.7 Å². The molecule has 0 aliphatic rings. The molecule has 90 heavy (non-hydrogen) atoms. The quantitative estimate of drug-likeness (QED) is 0.0195. The molecule has 526 valence electrons. The van der Waals surface area contributed by atoms with Crippen LogP contribution in [-0.2, 0) is 32.7 Å². The van der Waals surface area contributed by atoms with E-state index in [1.165, 1.54) is 283 Å². The van der Waals surface area contributed by atoms with Gasteiger partial charge >= 0.3 is 11.9 Å². The van der Waals surface area contributed by atoms with Gasteiger partial charge in [-0.2, -0.15) is 0 Å². The molecule has 0 aromatic rings. The minimum Gasteiger partial charge on any atom is -0.756 e. The Kier molecular flexibility index (Phi) is 68.8. The molecule has 0 saturated heterocycles. The van der Waals surface area contributed by atoms with E-state index in [4.69, 9.17) is 18.5 Å². The van der Waals surface area contributed by atoms with Crippen LogP contribution in [0.5, 0.6) is 0 Å². The highest BCUT2D eigenvalue weighted by Gasteiger charge is 2.22. The van der Waals surface area contributed by atoms with Crippen LogP contribution in [0, 0.1) is 0 Å². The first-order valence-corrected chi connectivity index (χ1v) is 40.1. The number of hydrogen-bond acceptors (Lipinski definition) is 8. The summed E-state index contributed by atoms with van der Waals surface area (Å²) in [4.78, 5) is 38.1. The molecule has 0 aromatic heterocycles. The van der Waals surface area contributed by atoms with Gasteiger partial charge in [0.15, 0.2) is 6.10 Å². The molecule has 0 fully saturated rings. The highest BCUT2D eigenvalue weighted by molar-refractivity contribution is 7.45. The second kappa shape index (κ2) is 70.8. The Morgan fingerprint density at radius 1 is 0.344 bits per heavy atom. The Morgan fingerprint density at radius 2 is 0.600 bits per heavy atom. The standard InChI is InChI=1S/C80H148NO8P/c1-6-8-10-12-14-16-18-20-22-24-26-28-30-32-34-35-36-37-38-39-40-41-42-43-44-45-47-49-51-53-55-57-59-61-63-65-67-69-71-73-80(83)89-78(77-88-90(84,85)87-75-74-81(3,4)5)76-86-79(82)72-70-68-66-64-62-60-58-56-54-52-50-48-46-33-31-29-27-25-23-21-19-17-15-13-11-9-7-2/h18-21,24-27,30-33,78H,6-17,22-23,28-29,34-77H2,1-5H3/b20-18-,21-19-,26-24-,27-25-,32-30-,33-31-. The molecule has 0 bridgehead atoms. The van der Waals surface area contributed by atoms with Crippen molar-refractivity contribution < 1.29 is 42.1 Å². The smallest absolute Gasteiger partial charge is 0.306 e. The lowest BCUT2D eigenvalue weighted by Gasteiger charge is -2.28. The van der Waals surface area contributed by atoms with Crippen molar-refractivity contribution in [2.45, 2.75) is 380 Å². The van der Waals surface area contributed by atoms with Crippen LogP contribution in [0.25, 0.3) is 0 Å². The molecule has 0 spiro atoms. The Morgan fingerprint density at radius 3 is 0.889 bits per heavy atom. The zero-order chi connectivity index (χ0) is 65.5. The molecule has 2 unspecified atom stereocenters. The highest BCUT2D eigenvalue weighted by atomic mass is 31.2. The number of phosphoric ester groups is 1. The van der Waals surface area contributed by atoms with Crippen LogP contribution in [0.15, 0.2) is 72.9 Å². The maximum atomic E-state index is 12.9. The maximum Gasteiger partial charge on any atom is 0.306 e. The zero-order valence-corrected chi connectivity index (χ0v) is 61.0. The molecule has 0 rings (SSSR count). The van der Waals surface area contributed by atoms with E-state index in [-0.39, 0.29) is 32.0 Å². The molecule has 0 aliphatic carbocycles. The number of quaternary nitrogens is 1. The predicted octanol–water partition coefficient (Wildman–Crippen LogP) is 24.9. The van der Waals surface area contributed by atoms with Crippen molar-refractivity contribution in [3.05, 3.63) is 72.9 Å². The minimum atomic E-state index is -4.65. The normalized spacial score (nSPS) is 13.4. The van der Waals surface area contributed by atoms with E-state index in [1.807, 2.05) is 21.1 Å². The van der Waals surface area contributed by atoms with E-state index in [0.717, 1.165) is 57.8 Å². The lowest BCUT2D eigenvalue weighted by atomic mass is 10.0. The molecule has 10 heteroatoms. The van der Waals surface area contributed by atoms with Gasteiger partial charge < -0.3 is 27.9 Å². The van der Waals surface area contributed by atoms with Gasteiger partial charge in [-0.25, -0.2) is 0 Å². The number of hydrogen-bond donors (Lipinski definition) is 0. The number of unbranched alkanes of at least 4 members (excludes halogenated alkanes) is 46. The number of carbonyl (C=O) groups excluding carboxylic acids is 2. The van der Waals surface area contributed by atoms with Gasteiger partial charge in [-0.05, 0) is 89.9 Å². The Hall–Kier alpha value is -2.55. The van der Waals surface area contributed by atoms with Crippen LogP contribution in [0.1, 0.15) is 373 Å². The van der Waals surface area contributed by atoms with Crippen LogP contribution < -0.4 is 4.89 Å². The maximum absolute atomic E-state index is 12.9. The average molecular weight is 1280 g/mol. The second-order valence-electron chi connectivity index (χ2n) is 27.4. The fraction of sp³-hybridized carbons (Fsp3) is 0.825. The third-order valence-corrected chi connectivity index (χ3v) is 18.2. The van der Waals surface area contributed by atoms with E-state index in [2.05, 4.69) is 86.8 Å². The third kappa shape index (κ3) is 74.5. The fourth-order valence-corrected chi connectivity index (χ4v) is 12.0. The summed E-state index contributed by atoms with van der Waals surface area (Å²) in [6.45, 7) is 4.27. The van der Waals surface area contributed by atoms with E-state index in [9.17, 15) is 19.0 Å². The second-order valence-corrected chi connectivity index (χ2v) is 28.8. The zero-order valence-electron chi connectivity index (χ0n) is 60.1. The largest absolute Gasteiger partial charge is 0.756 e. The number of nitrogens with zero attached hydrogens (tertiary/aromatic N) is 1. The van der Waals surface area contributed by atoms with Crippen molar-refractivity contribution in [3.8, 4) is 0 Å². The first-order valence-electron chi connectivity index (χ1n) is 38.6. The number of allylic oxidation sites excluding steroid dienone is 12. The van der Waals surface area contributed by atoms with Gasteiger partial charge in [-0.3, -0.25) is 14.2 Å². The Bertz CT molecular complexity index is 1750.